The van der Waals surface area contributed by atoms with Gasteiger partial charge in [0.1, 0.15) is 0 Å². The zero-order valence-corrected chi connectivity index (χ0v) is 15.2. The number of benzene rings is 2. The molecule has 0 aliphatic rings. The van der Waals surface area contributed by atoms with Crippen LogP contribution < -0.4 is 10.6 Å². The molecule has 0 heterocycles. The van der Waals surface area contributed by atoms with Gasteiger partial charge in [-0.25, -0.2) is 0 Å². The molecule has 0 aromatic heterocycles. The summed E-state index contributed by atoms with van der Waals surface area (Å²) in [6.45, 7) is 6.10. The standard InChI is InChI=1S/C21H26N2O2/c1-4-17-10-7-11-18(5-2)21(17)23-20(25)14-22-19(24)13-16-9-6-8-15(3)12-16/h6-12H,4-5,13-14H2,1-3H3,(H,22,24)(H,23,25). The van der Waals surface area contributed by atoms with Crippen LogP contribution in [0.3, 0.4) is 0 Å². The van der Waals surface area contributed by atoms with E-state index >= 15 is 0 Å². The van der Waals surface area contributed by atoms with Crippen LogP contribution in [0.4, 0.5) is 5.69 Å². The molecule has 2 aromatic rings. The summed E-state index contributed by atoms with van der Waals surface area (Å²) >= 11 is 0. The molecule has 2 rings (SSSR count). The topological polar surface area (TPSA) is 58.2 Å². The lowest BCUT2D eigenvalue weighted by Crippen LogP contribution is -2.34. The van der Waals surface area contributed by atoms with Crippen LogP contribution in [0.15, 0.2) is 42.5 Å². The maximum absolute atomic E-state index is 12.2. The molecule has 0 saturated heterocycles. The third-order valence-electron chi connectivity index (χ3n) is 4.16. The van der Waals surface area contributed by atoms with Crippen LogP contribution in [-0.4, -0.2) is 18.4 Å². The number of carbonyl (C=O) groups excluding carboxylic acids is 2. The van der Waals surface area contributed by atoms with E-state index in [0.717, 1.165) is 40.8 Å². The number of carbonyl (C=O) groups is 2. The van der Waals surface area contributed by atoms with Crippen LogP contribution in [-0.2, 0) is 28.9 Å². The average molecular weight is 338 g/mol. The molecule has 2 N–H and O–H groups in total. The van der Waals surface area contributed by atoms with Crippen molar-refractivity contribution in [2.75, 3.05) is 11.9 Å². The van der Waals surface area contributed by atoms with Crippen molar-refractivity contribution in [1.29, 1.82) is 0 Å². The number of nitrogens with one attached hydrogen (secondary N) is 2. The Morgan fingerprint density at radius 3 is 2.16 bits per heavy atom. The molecule has 2 amide bonds. The van der Waals surface area contributed by atoms with Crippen molar-refractivity contribution in [3.63, 3.8) is 0 Å². The molecule has 0 atom stereocenters. The van der Waals surface area contributed by atoms with Gasteiger partial charge in [-0.3, -0.25) is 9.59 Å². The van der Waals surface area contributed by atoms with Gasteiger partial charge in [0, 0.05) is 5.69 Å². The lowest BCUT2D eigenvalue weighted by molar-refractivity contribution is -0.123. The van der Waals surface area contributed by atoms with E-state index < -0.39 is 0 Å². The fraction of sp³-hybridized carbons (Fsp3) is 0.333. The van der Waals surface area contributed by atoms with E-state index in [-0.39, 0.29) is 24.8 Å². The Balaban J connectivity index is 1.92. The van der Waals surface area contributed by atoms with Gasteiger partial charge in [0.15, 0.2) is 0 Å². The highest BCUT2D eigenvalue weighted by molar-refractivity contribution is 5.96. The largest absolute Gasteiger partial charge is 0.347 e. The van der Waals surface area contributed by atoms with E-state index in [4.69, 9.17) is 0 Å². The maximum Gasteiger partial charge on any atom is 0.243 e. The van der Waals surface area contributed by atoms with Crippen LogP contribution in [0.25, 0.3) is 0 Å². The van der Waals surface area contributed by atoms with Crippen molar-refractivity contribution in [1.82, 2.24) is 5.32 Å². The van der Waals surface area contributed by atoms with Crippen molar-refractivity contribution in [3.05, 3.63) is 64.7 Å². The number of hydrogen-bond donors (Lipinski definition) is 2. The van der Waals surface area contributed by atoms with Crippen LogP contribution in [0.1, 0.15) is 36.1 Å². The molecule has 0 aliphatic heterocycles. The third-order valence-corrected chi connectivity index (χ3v) is 4.16. The summed E-state index contributed by atoms with van der Waals surface area (Å²) in [5.74, 6) is -0.353. The molecule has 25 heavy (non-hydrogen) atoms. The zero-order chi connectivity index (χ0) is 18.2. The lowest BCUT2D eigenvalue weighted by Gasteiger charge is -2.14. The summed E-state index contributed by atoms with van der Waals surface area (Å²) < 4.78 is 0. The van der Waals surface area contributed by atoms with Gasteiger partial charge < -0.3 is 10.6 Å². The van der Waals surface area contributed by atoms with Crippen molar-refractivity contribution in [2.24, 2.45) is 0 Å². The van der Waals surface area contributed by atoms with Crippen molar-refractivity contribution < 1.29 is 9.59 Å². The van der Waals surface area contributed by atoms with E-state index in [0.29, 0.717) is 0 Å². The van der Waals surface area contributed by atoms with Crippen LogP contribution in [0, 0.1) is 6.92 Å². The molecular weight excluding hydrogens is 312 g/mol. The van der Waals surface area contributed by atoms with Crippen molar-refractivity contribution >= 4 is 17.5 Å². The van der Waals surface area contributed by atoms with Gasteiger partial charge in [-0.05, 0) is 36.5 Å². The number of rotatable bonds is 7. The molecule has 132 valence electrons. The van der Waals surface area contributed by atoms with Crippen LogP contribution in [0.2, 0.25) is 0 Å². The highest BCUT2D eigenvalue weighted by atomic mass is 16.2. The van der Waals surface area contributed by atoms with Gasteiger partial charge in [0.2, 0.25) is 11.8 Å². The van der Waals surface area contributed by atoms with Gasteiger partial charge in [-0.15, -0.1) is 0 Å². The van der Waals surface area contributed by atoms with Gasteiger partial charge in [0.25, 0.3) is 0 Å². The monoisotopic (exact) mass is 338 g/mol. The van der Waals surface area contributed by atoms with Crippen molar-refractivity contribution in [2.45, 2.75) is 40.0 Å². The fourth-order valence-electron chi connectivity index (χ4n) is 2.84. The summed E-state index contributed by atoms with van der Waals surface area (Å²) in [5.41, 5.74) is 5.16. The number of hydrogen-bond acceptors (Lipinski definition) is 2. The van der Waals surface area contributed by atoms with E-state index in [1.807, 2.05) is 49.4 Å². The second-order valence-corrected chi connectivity index (χ2v) is 6.15. The molecular formula is C21H26N2O2. The highest BCUT2D eigenvalue weighted by Crippen LogP contribution is 2.22. The molecule has 0 saturated carbocycles. The SMILES string of the molecule is CCc1cccc(CC)c1NC(=O)CNC(=O)Cc1cccc(C)c1. The third kappa shape index (κ3) is 5.45. The smallest absolute Gasteiger partial charge is 0.243 e. The molecule has 0 bridgehead atoms. The van der Waals surface area contributed by atoms with Crippen molar-refractivity contribution in [3.8, 4) is 0 Å². The van der Waals surface area contributed by atoms with Gasteiger partial charge in [0.05, 0.1) is 13.0 Å². The Kier molecular flexibility index (Phi) is 6.75. The summed E-state index contributed by atoms with van der Waals surface area (Å²) in [6, 6.07) is 13.9. The first-order valence-corrected chi connectivity index (χ1v) is 8.76. The minimum Gasteiger partial charge on any atom is -0.347 e. The molecule has 0 spiro atoms. The zero-order valence-electron chi connectivity index (χ0n) is 15.2. The molecule has 4 nitrogen and oxygen atoms in total. The summed E-state index contributed by atoms with van der Waals surface area (Å²) in [4.78, 5) is 24.3. The molecule has 2 aromatic carbocycles. The number of amides is 2. The molecule has 0 radical (unpaired) electrons. The lowest BCUT2D eigenvalue weighted by atomic mass is 10.0. The summed E-state index contributed by atoms with van der Waals surface area (Å²) in [5, 5.41) is 5.65. The molecule has 0 fully saturated rings. The van der Waals surface area contributed by atoms with E-state index in [1.165, 1.54) is 0 Å². The quantitative estimate of drug-likeness (QED) is 0.813. The molecule has 4 heteroatoms. The second-order valence-electron chi connectivity index (χ2n) is 6.15. The van der Waals surface area contributed by atoms with Gasteiger partial charge >= 0.3 is 0 Å². The Labute approximate surface area is 149 Å². The molecule has 0 unspecified atom stereocenters. The highest BCUT2D eigenvalue weighted by Gasteiger charge is 2.11. The first-order chi connectivity index (χ1) is 12.0. The van der Waals surface area contributed by atoms with Gasteiger partial charge in [-0.1, -0.05) is 61.9 Å². The van der Waals surface area contributed by atoms with Crippen LogP contribution in [0.5, 0.6) is 0 Å². The maximum atomic E-state index is 12.2. The number of aryl methyl sites for hydroxylation is 3. The summed E-state index contributed by atoms with van der Waals surface area (Å²) in [6.07, 6.45) is 1.98. The average Bonchev–Trinajstić information content (AvgIpc) is 2.60. The first kappa shape index (κ1) is 18.7. The minimum atomic E-state index is -0.201. The van der Waals surface area contributed by atoms with E-state index in [2.05, 4.69) is 24.5 Å². The summed E-state index contributed by atoms with van der Waals surface area (Å²) in [7, 11) is 0. The Morgan fingerprint density at radius 1 is 0.920 bits per heavy atom. The molecule has 0 aliphatic carbocycles. The normalized spacial score (nSPS) is 10.4. The predicted octanol–water partition coefficient (Wildman–Crippen LogP) is 3.42. The first-order valence-electron chi connectivity index (χ1n) is 8.76. The fourth-order valence-corrected chi connectivity index (χ4v) is 2.84. The Bertz CT molecular complexity index is 731. The van der Waals surface area contributed by atoms with E-state index in [1.54, 1.807) is 0 Å². The Hall–Kier alpha value is -2.62. The van der Waals surface area contributed by atoms with E-state index in [9.17, 15) is 9.59 Å². The second kappa shape index (κ2) is 9.02. The van der Waals surface area contributed by atoms with Gasteiger partial charge in [-0.2, -0.15) is 0 Å². The number of anilines is 1. The number of para-hydroxylation sites is 1. The minimum absolute atomic E-state index is 0.0220. The Morgan fingerprint density at radius 2 is 1.56 bits per heavy atom. The van der Waals surface area contributed by atoms with Crippen LogP contribution >= 0.6 is 0 Å². The predicted molar refractivity (Wildman–Crippen MR) is 102 cm³/mol.